The monoisotopic (exact) mass is 329 g/mol. The van der Waals surface area contributed by atoms with E-state index in [0.717, 1.165) is 0 Å². The van der Waals surface area contributed by atoms with Gasteiger partial charge in [-0.25, -0.2) is 4.79 Å². The molecule has 1 aromatic rings. The van der Waals surface area contributed by atoms with E-state index in [-0.39, 0.29) is 28.5 Å². The number of hydrogen-bond acceptors (Lipinski definition) is 5. The van der Waals surface area contributed by atoms with Crippen molar-refractivity contribution in [2.45, 2.75) is 20.8 Å². The van der Waals surface area contributed by atoms with Crippen LogP contribution in [0.15, 0.2) is 18.2 Å². The highest BCUT2D eigenvalue weighted by Gasteiger charge is 2.24. The highest BCUT2D eigenvalue weighted by Crippen LogP contribution is 2.24. The van der Waals surface area contributed by atoms with Gasteiger partial charge in [-0.1, -0.05) is 19.9 Å². The zero-order valence-electron chi connectivity index (χ0n) is 12.6. The average molecular weight is 329 g/mol. The zero-order valence-corrected chi connectivity index (χ0v) is 13.4. The minimum atomic E-state index is -3.88. The molecule has 0 spiro atoms. The van der Waals surface area contributed by atoms with Crippen molar-refractivity contribution in [2.75, 3.05) is 12.3 Å². The lowest BCUT2D eigenvalue weighted by Crippen LogP contribution is -2.29. The second-order valence-corrected chi connectivity index (χ2v) is 6.88. The Kier molecular flexibility index (Phi) is 5.92. The third kappa shape index (κ3) is 4.73. The molecule has 0 fully saturated rings. The summed E-state index contributed by atoms with van der Waals surface area (Å²) in [6.45, 7) is 5.46. The maximum absolute atomic E-state index is 12.2. The summed E-state index contributed by atoms with van der Waals surface area (Å²) in [5, 5.41) is 11.7. The van der Waals surface area contributed by atoms with Crippen LogP contribution in [0.2, 0.25) is 0 Å². The van der Waals surface area contributed by atoms with Crippen LogP contribution >= 0.6 is 0 Å². The molecular formula is C14H19NO6S. The van der Waals surface area contributed by atoms with Gasteiger partial charge in [0.1, 0.15) is 0 Å². The number of carbonyl (C=O) groups excluding carboxylic acids is 1. The number of hydrogen-bond donors (Lipinski definition) is 2. The summed E-state index contributed by atoms with van der Waals surface area (Å²) in [6.07, 6.45) is 0. The van der Waals surface area contributed by atoms with E-state index in [2.05, 4.69) is 5.32 Å². The van der Waals surface area contributed by atoms with Crippen molar-refractivity contribution in [1.29, 1.82) is 0 Å². The molecule has 0 heterocycles. The van der Waals surface area contributed by atoms with Crippen molar-refractivity contribution in [3.63, 3.8) is 0 Å². The number of benzene rings is 1. The van der Waals surface area contributed by atoms with Crippen LogP contribution in [0.5, 0.6) is 5.75 Å². The highest BCUT2D eigenvalue weighted by molar-refractivity contribution is 7.87. The van der Waals surface area contributed by atoms with Crippen LogP contribution in [-0.4, -0.2) is 37.7 Å². The van der Waals surface area contributed by atoms with E-state index in [0.29, 0.717) is 6.54 Å². The molecule has 0 bridgehead atoms. The molecule has 0 aliphatic rings. The molecule has 2 N–H and O–H groups in total. The fourth-order valence-corrected chi connectivity index (χ4v) is 2.12. The van der Waals surface area contributed by atoms with Gasteiger partial charge in [0.15, 0.2) is 5.75 Å². The number of aromatic carboxylic acids is 1. The summed E-state index contributed by atoms with van der Waals surface area (Å²) in [4.78, 5) is 23.5. The van der Waals surface area contributed by atoms with Crippen molar-refractivity contribution in [3.8, 4) is 5.75 Å². The number of carboxylic acids is 1. The molecule has 0 aliphatic heterocycles. The molecule has 122 valence electrons. The van der Waals surface area contributed by atoms with E-state index in [1.54, 1.807) is 0 Å². The van der Waals surface area contributed by atoms with E-state index in [9.17, 15) is 23.1 Å². The summed E-state index contributed by atoms with van der Waals surface area (Å²) < 4.78 is 28.0. The predicted molar refractivity (Wildman–Crippen MR) is 80.7 cm³/mol. The average Bonchev–Trinajstić information content (AvgIpc) is 2.44. The number of amides is 1. The fraction of sp³-hybridized carbons (Fsp3) is 0.429. The molecule has 0 unspecified atom stereocenters. The predicted octanol–water partition coefficient (Wildman–Crippen LogP) is 1.50. The van der Waals surface area contributed by atoms with Crippen LogP contribution in [0.4, 0.5) is 0 Å². The van der Waals surface area contributed by atoms with Gasteiger partial charge in [-0.3, -0.25) is 4.79 Å². The molecule has 1 amide bonds. The van der Waals surface area contributed by atoms with Crippen LogP contribution in [-0.2, 0) is 10.1 Å². The minimum absolute atomic E-state index is 0.157. The second kappa shape index (κ2) is 7.26. The summed E-state index contributed by atoms with van der Waals surface area (Å²) in [5.41, 5.74) is -0.613. The SMILES string of the molecule is CCS(=O)(=O)Oc1cccc(C(=O)O)c1C(=O)NCC(C)C. The second-order valence-electron chi connectivity index (χ2n) is 5.02. The van der Waals surface area contributed by atoms with Crippen molar-refractivity contribution in [2.24, 2.45) is 5.92 Å². The van der Waals surface area contributed by atoms with Crippen molar-refractivity contribution in [1.82, 2.24) is 5.32 Å². The van der Waals surface area contributed by atoms with Crippen LogP contribution in [0, 0.1) is 5.92 Å². The van der Waals surface area contributed by atoms with E-state index < -0.39 is 22.0 Å². The van der Waals surface area contributed by atoms with E-state index >= 15 is 0 Å². The van der Waals surface area contributed by atoms with Crippen LogP contribution in [0.25, 0.3) is 0 Å². The Bertz CT molecular complexity index is 666. The van der Waals surface area contributed by atoms with Gasteiger partial charge in [-0.2, -0.15) is 8.42 Å². The molecule has 0 radical (unpaired) electrons. The van der Waals surface area contributed by atoms with Crippen molar-refractivity contribution in [3.05, 3.63) is 29.3 Å². The molecule has 0 aliphatic carbocycles. The Morgan fingerprint density at radius 3 is 2.45 bits per heavy atom. The lowest BCUT2D eigenvalue weighted by atomic mass is 10.1. The summed E-state index contributed by atoms with van der Waals surface area (Å²) >= 11 is 0. The first-order chi connectivity index (χ1) is 10.2. The van der Waals surface area contributed by atoms with Gasteiger partial charge >= 0.3 is 16.1 Å². The zero-order chi connectivity index (χ0) is 16.9. The topological polar surface area (TPSA) is 110 Å². The largest absolute Gasteiger partial charge is 0.478 e. The molecule has 0 saturated heterocycles. The smallest absolute Gasteiger partial charge is 0.336 e. The lowest BCUT2D eigenvalue weighted by Gasteiger charge is -2.14. The molecule has 1 aromatic carbocycles. The fourth-order valence-electron chi connectivity index (χ4n) is 1.59. The Morgan fingerprint density at radius 1 is 1.32 bits per heavy atom. The number of rotatable bonds is 7. The Morgan fingerprint density at radius 2 is 1.95 bits per heavy atom. The summed E-state index contributed by atoms with van der Waals surface area (Å²) in [6, 6.07) is 3.80. The first kappa shape index (κ1) is 18.0. The Balaban J connectivity index is 3.30. The van der Waals surface area contributed by atoms with Crippen LogP contribution in [0.1, 0.15) is 41.5 Å². The van der Waals surface area contributed by atoms with Gasteiger partial charge in [-0.05, 0) is 25.0 Å². The van der Waals surface area contributed by atoms with Gasteiger partial charge in [0, 0.05) is 6.54 Å². The molecule has 22 heavy (non-hydrogen) atoms. The number of carbonyl (C=O) groups is 2. The Hall–Kier alpha value is -2.09. The van der Waals surface area contributed by atoms with E-state index in [1.165, 1.54) is 25.1 Å². The standard InChI is InChI=1S/C14H19NO6S/c1-4-22(19,20)21-11-7-5-6-10(14(17)18)12(11)13(16)15-8-9(2)3/h5-7,9H,4,8H2,1-3H3,(H,15,16)(H,17,18). The van der Waals surface area contributed by atoms with Gasteiger partial charge in [0.25, 0.3) is 5.91 Å². The van der Waals surface area contributed by atoms with Gasteiger partial charge in [-0.15, -0.1) is 0 Å². The van der Waals surface area contributed by atoms with E-state index in [4.69, 9.17) is 4.18 Å². The minimum Gasteiger partial charge on any atom is -0.478 e. The molecule has 1 rings (SSSR count). The van der Waals surface area contributed by atoms with Crippen molar-refractivity contribution < 1.29 is 27.3 Å². The maximum atomic E-state index is 12.2. The highest BCUT2D eigenvalue weighted by atomic mass is 32.2. The van der Waals surface area contributed by atoms with Gasteiger partial charge in [0.05, 0.1) is 16.9 Å². The molecular weight excluding hydrogens is 310 g/mol. The lowest BCUT2D eigenvalue weighted by molar-refractivity contribution is 0.0690. The number of nitrogens with one attached hydrogen (secondary N) is 1. The quantitative estimate of drug-likeness (QED) is 0.734. The van der Waals surface area contributed by atoms with Crippen molar-refractivity contribution >= 4 is 22.0 Å². The first-order valence-electron chi connectivity index (χ1n) is 6.74. The third-order valence-corrected chi connectivity index (χ3v) is 3.87. The Labute approximate surface area is 129 Å². The normalized spacial score (nSPS) is 11.3. The van der Waals surface area contributed by atoms with Crippen LogP contribution in [0.3, 0.4) is 0 Å². The first-order valence-corrected chi connectivity index (χ1v) is 8.32. The molecule has 7 nitrogen and oxygen atoms in total. The number of carboxylic acid groups (broad SMARTS) is 1. The molecule has 0 atom stereocenters. The maximum Gasteiger partial charge on any atom is 0.336 e. The molecule has 8 heteroatoms. The summed E-state index contributed by atoms with van der Waals surface area (Å²) in [5.74, 6) is -2.45. The molecule has 0 saturated carbocycles. The molecule has 0 aromatic heterocycles. The third-order valence-electron chi connectivity index (χ3n) is 2.72. The van der Waals surface area contributed by atoms with Gasteiger partial charge in [0.2, 0.25) is 0 Å². The summed E-state index contributed by atoms with van der Waals surface area (Å²) in [7, 11) is -3.88. The van der Waals surface area contributed by atoms with Gasteiger partial charge < -0.3 is 14.6 Å². The van der Waals surface area contributed by atoms with Crippen LogP contribution < -0.4 is 9.50 Å². The van der Waals surface area contributed by atoms with E-state index in [1.807, 2.05) is 13.8 Å².